The van der Waals surface area contributed by atoms with Gasteiger partial charge in [-0.2, -0.15) is 0 Å². The van der Waals surface area contributed by atoms with E-state index in [0.717, 1.165) is 0 Å². The molecule has 5 nitrogen and oxygen atoms in total. The Bertz CT molecular complexity index is 425. The van der Waals surface area contributed by atoms with Gasteiger partial charge in [0.1, 0.15) is 11.8 Å². The van der Waals surface area contributed by atoms with Gasteiger partial charge >= 0.3 is 5.97 Å². The summed E-state index contributed by atoms with van der Waals surface area (Å²) in [6.45, 7) is 3.64. The zero-order valence-corrected chi connectivity index (χ0v) is 10.6. The van der Waals surface area contributed by atoms with Crippen LogP contribution < -0.4 is 5.32 Å². The molecule has 0 aliphatic heterocycles. The molecule has 1 atom stereocenters. The van der Waals surface area contributed by atoms with Crippen LogP contribution in [0.4, 0.5) is 0 Å². The van der Waals surface area contributed by atoms with Crippen molar-refractivity contribution in [2.45, 2.75) is 19.9 Å². The molecule has 0 heterocycles. The Hall–Kier alpha value is -2.04. The molecule has 18 heavy (non-hydrogen) atoms. The molecule has 1 aromatic rings. The molecule has 5 heteroatoms. The van der Waals surface area contributed by atoms with Gasteiger partial charge in [-0.25, -0.2) is 4.79 Å². The molecular weight excluding hydrogens is 234 g/mol. The fraction of sp³-hybridized carbons (Fsp3) is 0.385. The van der Waals surface area contributed by atoms with Crippen molar-refractivity contribution >= 4 is 11.9 Å². The minimum Gasteiger partial charge on any atom is -0.508 e. The summed E-state index contributed by atoms with van der Waals surface area (Å²) in [5, 5.41) is 11.7. The highest BCUT2D eigenvalue weighted by atomic mass is 16.5. The molecule has 0 saturated heterocycles. The van der Waals surface area contributed by atoms with Gasteiger partial charge in [0.15, 0.2) is 0 Å². The maximum Gasteiger partial charge on any atom is 0.328 e. The van der Waals surface area contributed by atoms with Crippen LogP contribution in [0.15, 0.2) is 24.3 Å². The number of aromatic hydroxyl groups is 1. The first-order chi connectivity index (χ1) is 8.45. The van der Waals surface area contributed by atoms with E-state index in [0.29, 0.717) is 5.56 Å². The highest BCUT2D eigenvalue weighted by molar-refractivity contribution is 5.96. The molecule has 2 N–H and O–H groups in total. The molecule has 0 bridgehead atoms. The van der Waals surface area contributed by atoms with Crippen molar-refractivity contribution in [3.63, 3.8) is 0 Å². The van der Waals surface area contributed by atoms with Crippen LogP contribution in [-0.2, 0) is 9.53 Å². The van der Waals surface area contributed by atoms with Crippen LogP contribution in [-0.4, -0.2) is 30.1 Å². The maximum atomic E-state index is 11.9. The normalized spacial score (nSPS) is 12.0. The lowest BCUT2D eigenvalue weighted by molar-refractivity contribution is -0.144. The number of esters is 1. The van der Waals surface area contributed by atoms with Gasteiger partial charge in [-0.05, 0) is 30.2 Å². The van der Waals surface area contributed by atoms with Crippen molar-refractivity contribution in [2.24, 2.45) is 5.92 Å². The number of nitrogens with one attached hydrogen (secondary N) is 1. The molecule has 0 fully saturated rings. The van der Waals surface area contributed by atoms with Crippen LogP contribution in [0.25, 0.3) is 0 Å². The van der Waals surface area contributed by atoms with E-state index in [1.807, 2.05) is 13.8 Å². The summed E-state index contributed by atoms with van der Waals surface area (Å²) in [5.41, 5.74) is 0.377. The number of amides is 1. The summed E-state index contributed by atoms with van der Waals surface area (Å²) in [6, 6.07) is 5.12. The molecule has 0 spiro atoms. The van der Waals surface area contributed by atoms with E-state index in [9.17, 15) is 9.59 Å². The van der Waals surface area contributed by atoms with Crippen LogP contribution in [0.1, 0.15) is 24.2 Å². The van der Waals surface area contributed by atoms with Crippen molar-refractivity contribution in [3.05, 3.63) is 29.8 Å². The monoisotopic (exact) mass is 251 g/mol. The lowest BCUT2D eigenvalue weighted by Gasteiger charge is -2.19. The van der Waals surface area contributed by atoms with E-state index >= 15 is 0 Å². The fourth-order valence-corrected chi connectivity index (χ4v) is 1.46. The number of benzene rings is 1. The zero-order chi connectivity index (χ0) is 13.7. The molecule has 0 aromatic heterocycles. The van der Waals surface area contributed by atoms with Crippen molar-refractivity contribution < 1.29 is 19.4 Å². The molecule has 1 aromatic carbocycles. The van der Waals surface area contributed by atoms with Gasteiger partial charge in [0.05, 0.1) is 7.11 Å². The van der Waals surface area contributed by atoms with Crippen molar-refractivity contribution in [1.82, 2.24) is 5.32 Å². The van der Waals surface area contributed by atoms with Crippen LogP contribution in [0.5, 0.6) is 5.75 Å². The van der Waals surface area contributed by atoms with Gasteiger partial charge in [0.25, 0.3) is 5.91 Å². The lowest BCUT2D eigenvalue weighted by atomic mass is 10.0. The summed E-state index contributed by atoms with van der Waals surface area (Å²) in [4.78, 5) is 23.4. The van der Waals surface area contributed by atoms with Crippen LogP contribution in [0, 0.1) is 5.92 Å². The van der Waals surface area contributed by atoms with E-state index < -0.39 is 12.0 Å². The van der Waals surface area contributed by atoms with Crippen molar-refractivity contribution in [2.75, 3.05) is 7.11 Å². The van der Waals surface area contributed by atoms with E-state index in [1.165, 1.54) is 31.4 Å². The minimum atomic E-state index is -0.684. The fourth-order valence-electron chi connectivity index (χ4n) is 1.46. The first kappa shape index (κ1) is 14.0. The molecule has 1 rings (SSSR count). The summed E-state index contributed by atoms with van der Waals surface area (Å²) in [6.07, 6.45) is 0. The predicted octanol–water partition coefficient (Wildman–Crippen LogP) is 1.32. The van der Waals surface area contributed by atoms with Crippen molar-refractivity contribution in [1.29, 1.82) is 0 Å². The Labute approximate surface area is 106 Å². The molecule has 0 unspecified atom stereocenters. The van der Waals surface area contributed by atoms with Gasteiger partial charge < -0.3 is 15.2 Å². The number of carbonyl (C=O) groups excluding carboxylic acids is 2. The van der Waals surface area contributed by atoms with E-state index in [-0.39, 0.29) is 17.6 Å². The summed E-state index contributed by atoms with van der Waals surface area (Å²) < 4.78 is 4.64. The summed E-state index contributed by atoms with van der Waals surface area (Å²) >= 11 is 0. The molecule has 0 saturated carbocycles. The van der Waals surface area contributed by atoms with Gasteiger partial charge in [-0.15, -0.1) is 0 Å². The summed E-state index contributed by atoms with van der Waals surface area (Å²) in [5.74, 6) is -0.838. The van der Waals surface area contributed by atoms with E-state index in [2.05, 4.69) is 10.1 Å². The molecular formula is C13H17NO4. The smallest absolute Gasteiger partial charge is 0.328 e. The highest BCUT2D eigenvalue weighted by Gasteiger charge is 2.25. The van der Waals surface area contributed by atoms with Gasteiger partial charge in [-0.1, -0.05) is 13.8 Å². The molecule has 0 radical (unpaired) electrons. The average molecular weight is 251 g/mol. The summed E-state index contributed by atoms with van der Waals surface area (Å²) in [7, 11) is 1.28. The zero-order valence-electron chi connectivity index (χ0n) is 10.6. The number of hydrogen-bond acceptors (Lipinski definition) is 4. The quantitative estimate of drug-likeness (QED) is 0.791. The Morgan fingerprint density at radius 1 is 1.22 bits per heavy atom. The van der Waals surface area contributed by atoms with Gasteiger partial charge in [-0.3, -0.25) is 4.79 Å². The molecule has 0 aliphatic rings. The SMILES string of the molecule is COC(=O)[C@@H](NC(=O)c1ccc(O)cc1)C(C)C. The van der Waals surface area contributed by atoms with E-state index in [4.69, 9.17) is 5.11 Å². The number of phenolic OH excluding ortho intramolecular Hbond substituents is 1. The Morgan fingerprint density at radius 3 is 2.22 bits per heavy atom. The third kappa shape index (κ3) is 3.48. The van der Waals surface area contributed by atoms with Crippen LogP contribution >= 0.6 is 0 Å². The second kappa shape index (κ2) is 6.05. The van der Waals surface area contributed by atoms with Gasteiger partial charge in [0, 0.05) is 5.56 Å². The first-order valence-electron chi connectivity index (χ1n) is 5.63. The van der Waals surface area contributed by atoms with Crippen molar-refractivity contribution in [3.8, 4) is 5.75 Å². The topological polar surface area (TPSA) is 75.6 Å². The number of methoxy groups -OCH3 is 1. The number of carbonyl (C=O) groups is 2. The average Bonchev–Trinajstić information content (AvgIpc) is 2.35. The van der Waals surface area contributed by atoms with Crippen LogP contribution in [0.2, 0.25) is 0 Å². The molecule has 1 amide bonds. The second-order valence-electron chi connectivity index (χ2n) is 4.27. The molecule has 0 aliphatic carbocycles. The lowest BCUT2D eigenvalue weighted by Crippen LogP contribution is -2.45. The number of ether oxygens (including phenoxy) is 1. The maximum absolute atomic E-state index is 11.9. The Morgan fingerprint density at radius 2 is 1.78 bits per heavy atom. The number of rotatable bonds is 4. The standard InChI is InChI=1S/C13H17NO4/c1-8(2)11(13(17)18-3)14-12(16)9-4-6-10(15)7-5-9/h4-8,11,15H,1-3H3,(H,14,16)/t11-/m0/s1. The minimum absolute atomic E-state index is 0.0708. The number of hydrogen-bond donors (Lipinski definition) is 2. The largest absolute Gasteiger partial charge is 0.508 e. The highest BCUT2D eigenvalue weighted by Crippen LogP contribution is 2.11. The molecule has 98 valence electrons. The second-order valence-corrected chi connectivity index (χ2v) is 4.27. The third-order valence-electron chi connectivity index (χ3n) is 2.54. The third-order valence-corrected chi connectivity index (χ3v) is 2.54. The van der Waals surface area contributed by atoms with Crippen LogP contribution in [0.3, 0.4) is 0 Å². The van der Waals surface area contributed by atoms with E-state index in [1.54, 1.807) is 0 Å². The van der Waals surface area contributed by atoms with Gasteiger partial charge in [0.2, 0.25) is 0 Å². The Balaban J connectivity index is 2.78. The Kier molecular flexibility index (Phi) is 4.71. The predicted molar refractivity (Wildman–Crippen MR) is 66.2 cm³/mol. The first-order valence-corrected chi connectivity index (χ1v) is 5.63. The number of phenols is 1.